The Morgan fingerprint density at radius 1 is 0.750 bits per heavy atom. The Labute approximate surface area is 142 Å². The van der Waals surface area contributed by atoms with E-state index in [1.54, 1.807) is 0 Å². The van der Waals surface area contributed by atoms with Gasteiger partial charge in [-0.05, 0) is 47.4 Å². The Kier molecular flexibility index (Phi) is 2.60. The van der Waals surface area contributed by atoms with Crippen LogP contribution in [0.2, 0.25) is 0 Å². The standard InChI is InChI=1S/C23H21N/c1-4-24-21-12-8-6-10-16(21)18-13-20-17(14-22(18)24)15-9-5-7-11-19(15)23(20,2)3/h5-14H,4H2,1-3H3. The molecule has 0 spiro atoms. The molecule has 0 radical (unpaired) electrons. The lowest BCUT2D eigenvalue weighted by molar-refractivity contribution is 0.661. The summed E-state index contributed by atoms with van der Waals surface area (Å²) in [6, 6.07) is 22.5. The summed E-state index contributed by atoms with van der Waals surface area (Å²) in [6.07, 6.45) is 0. The van der Waals surface area contributed by atoms with Gasteiger partial charge in [-0.3, -0.25) is 0 Å². The molecule has 0 fully saturated rings. The van der Waals surface area contributed by atoms with Crippen molar-refractivity contribution < 1.29 is 0 Å². The molecule has 3 aromatic carbocycles. The quantitative estimate of drug-likeness (QED) is 0.399. The van der Waals surface area contributed by atoms with E-state index in [-0.39, 0.29) is 5.41 Å². The van der Waals surface area contributed by atoms with Crippen molar-refractivity contribution in [2.45, 2.75) is 32.7 Å². The molecule has 0 bridgehead atoms. The molecular formula is C23H21N. The van der Waals surface area contributed by atoms with Crippen LogP contribution in [0.4, 0.5) is 0 Å². The van der Waals surface area contributed by atoms with E-state index in [4.69, 9.17) is 0 Å². The van der Waals surface area contributed by atoms with Crippen molar-refractivity contribution in [1.82, 2.24) is 4.57 Å². The topological polar surface area (TPSA) is 4.93 Å². The van der Waals surface area contributed by atoms with Crippen LogP contribution in [0.25, 0.3) is 32.9 Å². The third kappa shape index (κ3) is 1.55. The van der Waals surface area contributed by atoms with Gasteiger partial charge in [0.25, 0.3) is 0 Å². The minimum absolute atomic E-state index is 0.0650. The van der Waals surface area contributed by atoms with E-state index < -0.39 is 0 Å². The molecule has 1 aliphatic carbocycles. The molecule has 1 heterocycles. The second-order valence-electron chi connectivity index (χ2n) is 7.35. The first kappa shape index (κ1) is 13.9. The Morgan fingerprint density at radius 3 is 2.33 bits per heavy atom. The van der Waals surface area contributed by atoms with E-state index in [9.17, 15) is 0 Å². The van der Waals surface area contributed by atoms with Crippen LogP contribution in [-0.4, -0.2) is 4.57 Å². The van der Waals surface area contributed by atoms with Crippen LogP contribution < -0.4 is 0 Å². The molecule has 0 atom stereocenters. The predicted octanol–water partition coefficient (Wildman–Crippen LogP) is 6.12. The second kappa shape index (κ2) is 4.51. The number of nitrogens with zero attached hydrogens (tertiary/aromatic N) is 1. The van der Waals surface area contributed by atoms with Crippen molar-refractivity contribution in [3.8, 4) is 11.1 Å². The van der Waals surface area contributed by atoms with Crippen molar-refractivity contribution >= 4 is 21.8 Å². The second-order valence-corrected chi connectivity index (χ2v) is 7.35. The first-order chi connectivity index (χ1) is 11.6. The monoisotopic (exact) mass is 311 g/mol. The molecule has 118 valence electrons. The predicted molar refractivity (Wildman–Crippen MR) is 103 cm³/mol. The Bertz CT molecular complexity index is 1110. The maximum absolute atomic E-state index is 2.44. The summed E-state index contributed by atoms with van der Waals surface area (Å²) < 4.78 is 2.44. The molecule has 0 saturated heterocycles. The molecular weight excluding hydrogens is 290 g/mol. The molecule has 0 amide bonds. The van der Waals surface area contributed by atoms with Gasteiger partial charge >= 0.3 is 0 Å². The van der Waals surface area contributed by atoms with E-state index in [1.165, 1.54) is 44.1 Å². The Balaban J connectivity index is 1.97. The fraction of sp³-hybridized carbons (Fsp3) is 0.217. The van der Waals surface area contributed by atoms with Gasteiger partial charge in [0.05, 0.1) is 0 Å². The van der Waals surface area contributed by atoms with Crippen molar-refractivity contribution in [3.63, 3.8) is 0 Å². The van der Waals surface area contributed by atoms with E-state index >= 15 is 0 Å². The van der Waals surface area contributed by atoms with Crippen LogP contribution in [0.3, 0.4) is 0 Å². The zero-order chi connectivity index (χ0) is 16.5. The minimum Gasteiger partial charge on any atom is -0.341 e. The number of hydrogen-bond donors (Lipinski definition) is 0. The molecule has 0 unspecified atom stereocenters. The maximum atomic E-state index is 2.44. The molecule has 5 rings (SSSR count). The highest BCUT2D eigenvalue weighted by molar-refractivity contribution is 6.10. The lowest BCUT2D eigenvalue weighted by atomic mass is 9.82. The maximum Gasteiger partial charge on any atom is 0.0497 e. The fourth-order valence-electron chi connectivity index (χ4n) is 4.58. The van der Waals surface area contributed by atoms with Gasteiger partial charge in [0.15, 0.2) is 0 Å². The summed E-state index contributed by atoms with van der Waals surface area (Å²) >= 11 is 0. The highest BCUT2D eigenvalue weighted by atomic mass is 15.0. The van der Waals surface area contributed by atoms with Crippen molar-refractivity contribution in [2.75, 3.05) is 0 Å². The number of fused-ring (bicyclic) bond motifs is 6. The largest absolute Gasteiger partial charge is 0.341 e. The summed E-state index contributed by atoms with van der Waals surface area (Å²) in [5, 5.41) is 2.75. The molecule has 1 nitrogen and oxygen atoms in total. The first-order valence-electron chi connectivity index (χ1n) is 8.78. The van der Waals surface area contributed by atoms with Gasteiger partial charge in [-0.25, -0.2) is 0 Å². The van der Waals surface area contributed by atoms with Crippen molar-refractivity contribution in [2.24, 2.45) is 0 Å². The summed E-state index contributed by atoms with van der Waals surface area (Å²) in [4.78, 5) is 0. The highest BCUT2D eigenvalue weighted by Gasteiger charge is 2.35. The third-order valence-corrected chi connectivity index (χ3v) is 5.79. The number of aromatic nitrogens is 1. The number of hydrogen-bond acceptors (Lipinski definition) is 0. The third-order valence-electron chi connectivity index (χ3n) is 5.79. The van der Waals surface area contributed by atoms with Gasteiger partial charge in [-0.15, -0.1) is 0 Å². The lowest BCUT2D eigenvalue weighted by Crippen LogP contribution is -2.14. The SMILES string of the molecule is CCn1c2ccccc2c2cc3c(cc21)-c1ccccc1C3(C)C. The molecule has 1 aliphatic rings. The smallest absolute Gasteiger partial charge is 0.0497 e. The van der Waals surface area contributed by atoms with Crippen LogP contribution in [-0.2, 0) is 12.0 Å². The van der Waals surface area contributed by atoms with Crippen molar-refractivity contribution in [1.29, 1.82) is 0 Å². The number of benzene rings is 3. The van der Waals surface area contributed by atoms with E-state index in [2.05, 4.69) is 86.0 Å². The molecule has 1 aromatic heterocycles. The van der Waals surface area contributed by atoms with Gasteiger partial charge < -0.3 is 4.57 Å². The summed E-state index contributed by atoms with van der Waals surface area (Å²) in [5.74, 6) is 0. The van der Waals surface area contributed by atoms with Crippen LogP contribution in [0, 0.1) is 0 Å². The van der Waals surface area contributed by atoms with Crippen LogP contribution in [0.5, 0.6) is 0 Å². The van der Waals surface area contributed by atoms with Gasteiger partial charge in [-0.2, -0.15) is 0 Å². The average molecular weight is 311 g/mol. The summed E-state index contributed by atoms with van der Waals surface area (Å²) in [5.41, 5.74) is 8.45. The van der Waals surface area contributed by atoms with Crippen LogP contribution in [0.1, 0.15) is 31.9 Å². The Morgan fingerprint density at radius 2 is 1.50 bits per heavy atom. The normalized spacial score (nSPS) is 15.0. The average Bonchev–Trinajstić information content (AvgIpc) is 3.04. The van der Waals surface area contributed by atoms with Gasteiger partial charge in [-0.1, -0.05) is 56.3 Å². The number of para-hydroxylation sites is 1. The minimum atomic E-state index is 0.0650. The highest BCUT2D eigenvalue weighted by Crippen LogP contribution is 2.50. The van der Waals surface area contributed by atoms with Crippen molar-refractivity contribution in [3.05, 3.63) is 71.8 Å². The summed E-state index contributed by atoms with van der Waals surface area (Å²) in [6.45, 7) is 7.93. The van der Waals surface area contributed by atoms with Gasteiger partial charge in [0, 0.05) is 33.8 Å². The van der Waals surface area contributed by atoms with E-state index in [0.29, 0.717) is 0 Å². The number of aryl methyl sites for hydroxylation is 1. The molecule has 0 N–H and O–H groups in total. The fourth-order valence-corrected chi connectivity index (χ4v) is 4.58. The number of rotatable bonds is 1. The van der Waals surface area contributed by atoms with Crippen LogP contribution >= 0.6 is 0 Å². The molecule has 0 saturated carbocycles. The van der Waals surface area contributed by atoms with Crippen LogP contribution in [0.15, 0.2) is 60.7 Å². The molecule has 1 heteroatoms. The van der Waals surface area contributed by atoms with E-state index in [1.807, 2.05) is 0 Å². The lowest BCUT2D eigenvalue weighted by Gasteiger charge is -2.21. The van der Waals surface area contributed by atoms with Gasteiger partial charge in [0.2, 0.25) is 0 Å². The zero-order valence-corrected chi connectivity index (χ0v) is 14.4. The first-order valence-corrected chi connectivity index (χ1v) is 8.78. The van der Waals surface area contributed by atoms with Gasteiger partial charge in [0.1, 0.15) is 0 Å². The van der Waals surface area contributed by atoms with E-state index in [0.717, 1.165) is 6.54 Å². The molecule has 24 heavy (non-hydrogen) atoms. The Hall–Kier alpha value is -2.54. The molecule has 4 aromatic rings. The summed E-state index contributed by atoms with van der Waals surface area (Å²) in [7, 11) is 0. The zero-order valence-electron chi connectivity index (χ0n) is 14.4. The molecule has 0 aliphatic heterocycles.